The maximum atomic E-state index is 14.2. The lowest BCUT2D eigenvalue weighted by Gasteiger charge is -2.17. The second kappa shape index (κ2) is 8.14. The van der Waals surface area contributed by atoms with Crippen LogP contribution in [0.3, 0.4) is 0 Å². The second-order valence-corrected chi connectivity index (χ2v) is 6.33. The number of amides is 1. The summed E-state index contributed by atoms with van der Waals surface area (Å²) in [7, 11) is 0. The minimum atomic E-state index is -0.774. The lowest BCUT2D eigenvalue weighted by atomic mass is 9.98. The van der Waals surface area contributed by atoms with Gasteiger partial charge in [-0.3, -0.25) is 9.59 Å². The predicted octanol–water partition coefficient (Wildman–Crippen LogP) is 3.80. The van der Waals surface area contributed by atoms with Gasteiger partial charge in [-0.2, -0.15) is 0 Å². The summed E-state index contributed by atoms with van der Waals surface area (Å²) in [5, 5.41) is 3.03. The average molecular weight is 388 g/mol. The molecule has 0 aromatic heterocycles. The summed E-state index contributed by atoms with van der Waals surface area (Å²) in [5.74, 6) is -2.37. The molecular formula is C20H15ClFNO4. The molecule has 0 radical (unpaired) electrons. The molecule has 1 amide bonds. The van der Waals surface area contributed by atoms with Crippen molar-refractivity contribution in [1.29, 1.82) is 0 Å². The molecule has 5 nitrogen and oxygen atoms in total. The third-order valence-corrected chi connectivity index (χ3v) is 4.38. The van der Waals surface area contributed by atoms with Crippen LogP contribution in [0.25, 0.3) is 6.08 Å². The lowest BCUT2D eigenvalue weighted by Crippen LogP contribution is -2.21. The van der Waals surface area contributed by atoms with E-state index < -0.39 is 24.2 Å². The number of fused-ring (bicyclic) bond motifs is 1. The summed E-state index contributed by atoms with van der Waals surface area (Å²) in [4.78, 5) is 35.3. The molecule has 1 heterocycles. The Kier molecular flexibility index (Phi) is 5.66. The number of Topliss-reactive ketones (excluding diaryl/α,β-unsaturated/α-hetero) is 1. The van der Waals surface area contributed by atoms with Crippen molar-refractivity contribution < 1.29 is 23.5 Å². The topological polar surface area (TPSA) is 72.5 Å². The van der Waals surface area contributed by atoms with Gasteiger partial charge in [-0.1, -0.05) is 29.8 Å². The molecule has 2 aromatic carbocycles. The van der Waals surface area contributed by atoms with Gasteiger partial charge in [0.25, 0.3) is 0 Å². The van der Waals surface area contributed by atoms with E-state index in [2.05, 4.69) is 5.32 Å². The Hall–Kier alpha value is -2.99. The number of aryl methyl sites for hydroxylation is 1. The number of halogens is 2. The lowest BCUT2D eigenvalue weighted by molar-refractivity contribution is -0.136. The van der Waals surface area contributed by atoms with Gasteiger partial charge in [0, 0.05) is 23.2 Å². The first kappa shape index (κ1) is 18.8. The molecule has 1 N–H and O–H groups in total. The fourth-order valence-corrected chi connectivity index (χ4v) is 2.85. The molecule has 0 unspecified atom stereocenters. The first-order valence-corrected chi connectivity index (χ1v) is 8.56. The number of hydrogen-bond acceptors (Lipinski definition) is 4. The Labute approximate surface area is 159 Å². The van der Waals surface area contributed by atoms with Gasteiger partial charge in [0.2, 0.25) is 11.7 Å². The van der Waals surface area contributed by atoms with Crippen molar-refractivity contribution in [1.82, 2.24) is 0 Å². The Morgan fingerprint density at radius 3 is 2.78 bits per heavy atom. The summed E-state index contributed by atoms with van der Waals surface area (Å²) in [6.45, 7) is -0.590. The molecule has 2 aromatic rings. The number of carbonyl (C=O) groups excluding carboxylic acids is 3. The van der Waals surface area contributed by atoms with E-state index in [0.29, 0.717) is 28.3 Å². The number of carbonyl (C=O) groups is 3. The highest BCUT2D eigenvalue weighted by Crippen LogP contribution is 2.26. The molecule has 0 fully saturated rings. The molecule has 27 heavy (non-hydrogen) atoms. The zero-order chi connectivity index (χ0) is 19.4. The van der Waals surface area contributed by atoms with E-state index in [4.69, 9.17) is 16.3 Å². The molecule has 7 heteroatoms. The number of anilines is 1. The fraction of sp³-hybridized carbons (Fsp3) is 0.150. The smallest absolute Gasteiger partial charge is 0.331 e. The Morgan fingerprint density at radius 2 is 2.00 bits per heavy atom. The fourth-order valence-electron chi connectivity index (χ4n) is 2.65. The minimum absolute atomic E-state index is 0.173. The van der Waals surface area contributed by atoms with Gasteiger partial charge in [-0.15, -0.1) is 0 Å². The third-order valence-electron chi connectivity index (χ3n) is 4.04. The van der Waals surface area contributed by atoms with Crippen LogP contribution in [0, 0.1) is 5.82 Å². The van der Waals surface area contributed by atoms with Crippen LogP contribution in [-0.2, 0) is 20.7 Å². The summed E-state index contributed by atoms with van der Waals surface area (Å²) in [5.41, 5.74) is 1.49. The van der Waals surface area contributed by atoms with Crippen LogP contribution in [0.5, 0.6) is 0 Å². The molecule has 0 aliphatic carbocycles. The molecule has 1 aliphatic rings. The van der Waals surface area contributed by atoms with Crippen molar-refractivity contribution >= 4 is 41.0 Å². The zero-order valence-electron chi connectivity index (χ0n) is 14.1. The quantitative estimate of drug-likeness (QED) is 0.481. The number of ether oxygens (including phenoxy) is 1. The second-order valence-electron chi connectivity index (χ2n) is 5.92. The van der Waals surface area contributed by atoms with E-state index in [1.807, 2.05) is 0 Å². The minimum Gasteiger partial charge on any atom is -0.454 e. The van der Waals surface area contributed by atoms with Crippen molar-refractivity contribution in [3.8, 4) is 0 Å². The number of hydrogen-bond donors (Lipinski definition) is 1. The molecule has 138 valence electrons. The number of esters is 1. The zero-order valence-corrected chi connectivity index (χ0v) is 14.9. The highest BCUT2D eigenvalue weighted by Gasteiger charge is 2.21. The van der Waals surface area contributed by atoms with Crippen molar-refractivity contribution in [2.45, 2.75) is 12.8 Å². The van der Waals surface area contributed by atoms with Crippen LogP contribution >= 0.6 is 11.6 Å². The summed E-state index contributed by atoms with van der Waals surface area (Å²) in [6.07, 6.45) is 3.31. The number of benzene rings is 2. The van der Waals surface area contributed by atoms with E-state index in [9.17, 15) is 18.8 Å². The maximum Gasteiger partial charge on any atom is 0.331 e. The highest BCUT2D eigenvalue weighted by atomic mass is 35.5. The van der Waals surface area contributed by atoms with Gasteiger partial charge < -0.3 is 10.1 Å². The van der Waals surface area contributed by atoms with E-state index in [1.165, 1.54) is 12.1 Å². The first-order chi connectivity index (χ1) is 12.9. The molecule has 0 saturated carbocycles. The predicted molar refractivity (Wildman–Crippen MR) is 99.1 cm³/mol. The van der Waals surface area contributed by atoms with Crippen LogP contribution in [0.1, 0.15) is 27.9 Å². The molecule has 1 aliphatic heterocycles. The maximum absolute atomic E-state index is 14.2. The van der Waals surface area contributed by atoms with E-state index in [-0.39, 0.29) is 17.9 Å². The largest absolute Gasteiger partial charge is 0.454 e. The van der Waals surface area contributed by atoms with Gasteiger partial charge in [0.15, 0.2) is 6.61 Å². The van der Waals surface area contributed by atoms with Crippen molar-refractivity contribution in [3.05, 3.63) is 70.0 Å². The molecule has 0 atom stereocenters. The van der Waals surface area contributed by atoms with Gasteiger partial charge in [0.05, 0.1) is 5.56 Å². The van der Waals surface area contributed by atoms with Crippen LogP contribution < -0.4 is 5.32 Å². The van der Waals surface area contributed by atoms with Crippen LogP contribution in [0.4, 0.5) is 10.1 Å². The van der Waals surface area contributed by atoms with Crippen LogP contribution in [-0.4, -0.2) is 24.3 Å². The standard InChI is InChI=1S/C20H15ClFNO4/c21-15-4-2-1-3-12(15)6-8-20(26)27-11-18(24)14-9-13-5-7-19(25)23-17(13)10-16(14)22/h1-4,6,8-10H,5,7,11H2,(H,23,25)/b8-6+. The van der Waals surface area contributed by atoms with Crippen molar-refractivity contribution in [3.63, 3.8) is 0 Å². The van der Waals surface area contributed by atoms with Crippen LogP contribution in [0.2, 0.25) is 5.02 Å². The van der Waals surface area contributed by atoms with Crippen molar-refractivity contribution in [2.75, 3.05) is 11.9 Å². The van der Waals surface area contributed by atoms with Gasteiger partial charge in [-0.05, 0) is 41.8 Å². The number of nitrogens with one attached hydrogen (secondary N) is 1. The number of ketones is 1. The molecule has 0 spiro atoms. The molecule has 3 rings (SSSR count). The van der Waals surface area contributed by atoms with Crippen LogP contribution in [0.15, 0.2) is 42.5 Å². The third kappa shape index (κ3) is 4.60. The van der Waals surface area contributed by atoms with Gasteiger partial charge >= 0.3 is 5.97 Å². The summed E-state index contributed by atoms with van der Waals surface area (Å²) in [6, 6.07) is 9.42. The summed E-state index contributed by atoms with van der Waals surface area (Å²) >= 11 is 5.97. The molecular weight excluding hydrogens is 373 g/mol. The summed E-state index contributed by atoms with van der Waals surface area (Å²) < 4.78 is 19.0. The molecule has 0 saturated heterocycles. The van der Waals surface area contributed by atoms with E-state index in [0.717, 1.165) is 12.1 Å². The number of rotatable bonds is 5. The van der Waals surface area contributed by atoms with Gasteiger partial charge in [0.1, 0.15) is 5.82 Å². The average Bonchev–Trinajstić information content (AvgIpc) is 2.64. The highest BCUT2D eigenvalue weighted by molar-refractivity contribution is 6.32. The normalized spacial score (nSPS) is 13.2. The monoisotopic (exact) mass is 387 g/mol. The molecule has 0 bridgehead atoms. The first-order valence-electron chi connectivity index (χ1n) is 8.19. The van der Waals surface area contributed by atoms with Gasteiger partial charge in [-0.25, -0.2) is 9.18 Å². The Morgan fingerprint density at radius 1 is 1.22 bits per heavy atom. The Bertz CT molecular complexity index is 955. The van der Waals surface area contributed by atoms with E-state index in [1.54, 1.807) is 24.3 Å². The van der Waals surface area contributed by atoms with Crippen molar-refractivity contribution in [2.24, 2.45) is 0 Å². The van der Waals surface area contributed by atoms with E-state index >= 15 is 0 Å². The Balaban J connectivity index is 1.63. The SMILES string of the molecule is O=C1CCc2cc(C(=O)COC(=O)/C=C/c3ccccc3Cl)c(F)cc2N1.